The maximum atomic E-state index is 12.4. The number of aromatic amines is 1. The van der Waals surface area contributed by atoms with Crippen molar-refractivity contribution in [3.63, 3.8) is 0 Å². The summed E-state index contributed by atoms with van der Waals surface area (Å²) in [6.45, 7) is 33.3. The Morgan fingerprint density at radius 2 is 0.573 bits per heavy atom. The Morgan fingerprint density at radius 3 is 0.927 bits per heavy atom. The molecule has 0 saturated carbocycles. The number of phenolic OH excluding ortho intramolecular Hbond substituents is 4. The van der Waals surface area contributed by atoms with E-state index in [-0.39, 0.29) is 92.5 Å². The van der Waals surface area contributed by atoms with Crippen LogP contribution in [0.25, 0.3) is 39.3 Å². The van der Waals surface area contributed by atoms with Gasteiger partial charge in [0.05, 0.1) is 56.9 Å². The smallest absolute Gasteiger partial charge is 0.259 e. The number of benzene rings is 6. The Balaban J connectivity index is 0.000000150. The van der Waals surface area contributed by atoms with E-state index >= 15 is 0 Å². The van der Waals surface area contributed by atoms with Gasteiger partial charge >= 0.3 is 0 Å². The summed E-state index contributed by atoms with van der Waals surface area (Å²) in [5.74, 6) is -2.18. The number of para-hydroxylation sites is 2. The van der Waals surface area contributed by atoms with E-state index in [0.717, 1.165) is 5.39 Å². The molecular formula is C114H116N20O16. The second-order valence-electron chi connectivity index (χ2n) is 41.5. The number of anilines is 8. The Bertz CT molecular complexity index is 7770. The fraction of sp³-hybridized carbons (Fsp3) is 0.211. The van der Waals surface area contributed by atoms with Crippen LogP contribution < -0.4 is 43.4 Å². The standard InChI is InChI=1S/2C19H20N4O2.4C19H19N3O3/c1-19(2,3)17(24)15-11-23-10-12(4-9-16(23)22-15)18(25)21-14-7-5-13(20)6-8-14;1-19(2,3)17(24)15-11-23-10-14(7-8-16(23)22-15)21-18(25)12-5-4-6-13(20)9-12;1-19(2,3)17(24)15-11-22-10-12(4-9-16(22)21-15)18(25)20-13-5-7-14(23)8-6-13;1-19(2,3)17(24)15-11-22-10-13(7-8-16(22)21-15)20-18(25)12-5-4-6-14(23)9-12;1-19(2,3)16(24)14-9-11-8-12(10-20-17(11)22-14)21-18(25)13-6-4-5-7-15(13)23;1-19(2,3)17(24)14-11-22-10-12(8-9-16(22)21-14)20-18(25)13-6-4-5-7-15(13)23/h2*4-11H,20H2,1-3H3,(H,21,25);2*4-11,23H,1-3H3,(H,20,25);4-10,23H,1-3H3,(H,20,22)(H,21,25);4-11,23H,1-3H3,(H,20,25). The van der Waals surface area contributed by atoms with Crippen LogP contribution in [0, 0.1) is 32.5 Å². The van der Waals surface area contributed by atoms with Crippen molar-refractivity contribution in [3.8, 4) is 23.0 Å². The molecule has 0 aliphatic heterocycles. The summed E-state index contributed by atoms with van der Waals surface area (Å²) in [5.41, 5.74) is 21.1. The highest BCUT2D eigenvalue weighted by Gasteiger charge is 2.32. The number of nitrogen functional groups attached to an aromatic ring is 2. The Labute approximate surface area is 862 Å². The van der Waals surface area contributed by atoms with E-state index in [2.05, 4.69) is 66.8 Å². The molecule has 6 amide bonds. The largest absolute Gasteiger partial charge is 0.508 e. The molecule has 15 N–H and O–H groups in total. The van der Waals surface area contributed by atoms with Crippen LogP contribution in [0.1, 0.15) is 250 Å². The first-order valence-corrected chi connectivity index (χ1v) is 47.4. The number of aromatic hydroxyl groups is 4. The van der Waals surface area contributed by atoms with Gasteiger partial charge in [-0.05, 0) is 182 Å². The molecule has 12 aromatic heterocycles. The van der Waals surface area contributed by atoms with E-state index in [0.29, 0.717) is 136 Å². The molecule has 6 aromatic carbocycles. The first-order valence-electron chi connectivity index (χ1n) is 47.4. The zero-order chi connectivity index (χ0) is 109. The van der Waals surface area contributed by atoms with Crippen LogP contribution in [0.4, 0.5) is 45.5 Å². The van der Waals surface area contributed by atoms with Gasteiger partial charge in [-0.3, -0.25) is 57.5 Å². The zero-order valence-corrected chi connectivity index (χ0v) is 85.9. The van der Waals surface area contributed by atoms with Crippen LogP contribution >= 0.6 is 0 Å². The molecule has 150 heavy (non-hydrogen) atoms. The summed E-state index contributed by atoms with van der Waals surface area (Å²) in [6, 6.07) is 59.3. The van der Waals surface area contributed by atoms with E-state index in [4.69, 9.17) is 11.5 Å². The lowest BCUT2D eigenvalue weighted by Gasteiger charge is -2.14. The van der Waals surface area contributed by atoms with Gasteiger partial charge in [-0.25, -0.2) is 29.9 Å². The number of phenols is 4. The number of ketones is 6. The van der Waals surface area contributed by atoms with Gasteiger partial charge in [-0.15, -0.1) is 0 Å². The van der Waals surface area contributed by atoms with E-state index in [9.17, 15) is 78.0 Å². The highest BCUT2D eigenvalue weighted by atomic mass is 16.3. The van der Waals surface area contributed by atoms with Gasteiger partial charge < -0.3 is 90.8 Å². The Hall–Kier alpha value is -18.9. The maximum absolute atomic E-state index is 12.4. The SMILES string of the molecule is CC(C)(C)C(=O)c1cc2cc(NC(=O)c3ccccc3O)cnc2[nH]1.CC(C)(C)C(=O)c1cn2cc(C(=O)Nc3ccc(N)cc3)ccc2n1.CC(C)(C)C(=O)c1cn2cc(C(=O)Nc3ccc(O)cc3)ccc2n1.CC(C)(C)C(=O)c1cn2cc(NC(=O)c3cccc(N)c3)ccc2n1.CC(C)(C)C(=O)c1cn2cc(NC(=O)c3cccc(O)c3)ccc2n1.CC(C)(C)C(=O)c1cn2cc(NC(=O)c3ccccc3O)ccc2n1. The third-order valence-electron chi connectivity index (χ3n) is 22.6. The molecule has 18 aromatic rings. The summed E-state index contributed by atoms with van der Waals surface area (Å²) < 4.78 is 8.49. The highest BCUT2D eigenvalue weighted by Crippen LogP contribution is 2.32. The van der Waals surface area contributed by atoms with Crippen molar-refractivity contribution < 1.29 is 78.0 Å². The number of carbonyl (C=O) groups is 12. The molecule has 0 bridgehead atoms. The molecule has 0 fully saturated rings. The Kier molecular flexibility index (Phi) is 32.0. The summed E-state index contributed by atoms with van der Waals surface area (Å²) >= 11 is 0. The number of hydrogen-bond donors (Lipinski definition) is 13. The number of carbonyl (C=O) groups excluding carboxylic acids is 12. The van der Waals surface area contributed by atoms with Crippen molar-refractivity contribution in [2.45, 2.75) is 125 Å². The molecule has 768 valence electrons. The van der Waals surface area contributed by atoms with Crippen molar-refractivity contribution in [2.24, 2.45) is 32.5 Å². The molecule has 0 unspecified atom stereocenters. The van der Waals surface area contributed by atoms with Crippen molar-refractivity contribution in [1.82, 2.24) is 56.9 Å². The summed E-state index contributed by atoms with van der Waals surface area (Å²) in [7, 11) is 0. The average molecular weight is 2020 g/mol. The van der Waals surface area contributed by atoms with Gasteiger partial charge in [0.15, 0.2) is 34.7 Å². The van der Waals surface area contributed by atoms with Crippen molar-refractivity contribution in [1.29, 1.82) is 0 Å². The number of imidazole rings is 5. The molecule has 18 rings (SSSR count). The minimum absolute atomic E-state index is 0.00899. The second-order valence-corrected chi connectivity index (χ2v) is 41.5. The minimum atomic E-state index is -0.517. The van der Waals surface area contributed by atoms with Crippen LogP contribution in [0.15, 0.2) is 287 Å². The number of fused-ring (bicyclic) bond motifs is 6. The first kappa shape index (κ1) is 108. The van der Waals surface area contributed by atoms with Gasteiger partial charge in [-0.1, -0.05) is 161 Å². The van der Waals surface area contributed by atoms with Crippen LogP contribution in [0.2, 0.25) is 0 Å². The summed E-state index contributed by atoms with van der Waals surface area (Å²) in [6.07, 6.45) is 18.2. The van der Waals surface area contributed by atoms with Crippen LogP contribution in [-0.4, -0.2) is 147 Å². The molecule has 0 saturated heterocycles. The number of pyridine rings is 6. The molecular weight excluding hydrogens is 1910 g/mol. The van der Waals surface area contributed by atoms with Crippen molar-refractivity contribution >= 4 is 155 Å². The number of H-pyrrole nitrogens is 1. The quantitative estimate of drug-likeness (QED) is 0.0215. The first-order chi connectivity index (χ1) is 70.5. The number of hydrogen-bond acceptors (Lipinski definition) is 24. The predicted molar refractivity (Wildman–Crippen MR) is 577 cm³/mol. The Morgan fingerprint density at radius 1 is 0.267 bits per heavy atom. The second kappa shape index (κ2) is 44.4. The fourth-order valence-electron chi connectivity index (χ4n) is 14.5. The number of nitrogens with one attached hydrogen (secondary N) is 7. The van der Waals surface area contributed by atoms with Crippen molar-refractivity contribution in [2.75, 3.05) is 43.4 Å². The van der Waals surface area contributed by atoms with Gasteiger partial charge in [0, 0.05) is 134 Å². The fourth-order valence-corrected chi connectivity index (χ4v) is 14.5. The normalized spacial score (nSPS) is 11.5. The topological polar surface area (TPSA) is 525 Å². The predicted octanol–water partition coefficient (Wildman–Crippen LogP) is 21.1. The number of rotatable bonds is 18. The summed E-state index contributed by atoms with van der Waals surface area (Å²) in [5, 5.41) is 55.6. The molecule has 0 spiro atoms. The van der Waals surface area contributed by atoms with Crippen molar-refractivity contribution in [3.05, 3.63) is 354 Å². The molecule has 0 radical (unpaired) electrons. The number of nitrogens with zero attached hydrogens (tertiary/aromatic N) is 11. The summed E-state index contributed by atoms with van der Waals surface area (Å²) in [4.78, 5) is 177. The van der Waals surface area contributed by atoms with Gasteiger partial charge in [0.25, 0.3) is 35.4 Å². The lowest BCUT2D eigenvalue weighted by molar-refractivity contribution is 0.0848. The third kappa shape index (κ3) is 27.6. The molecule has 36 heteroatoms. The maximum Gasteiger partial charge on any atom is 0.259 e. The van der Waals surface area contributed by atoms with Crippen LogP contribution in [0.5, 0.6) is 23.0 Å². The van der Waals surface area contributed by atoms with Crippen LogP contribution in [0.3, 0.4) is 0 Å². The van der Waals surface area contributed by atoms with E-state index < -0.39 is 44.3 Å². The van der Waals surface area contributed by atoms with E-state index in [1.165, 1.54) is 48.7 Å². The van der Waals surface area contributed by atoms with Crippen LogP contribution in [-0.2, 0) is 0 Å². The lowest BCUT2D eigenvalue weighted by Crippen LogP contribution is -2.20. The van der Waals surface area contributed by atoms with E-state index in [1.54, 1.807) is 260 Å². The molecule has 0 aliphatic rings. The number of amides is 6. The lowest BCUT2D eigenvalue weighted by atomic mass is 9.89. The third-order valence-corrected chi connectivity index (χ3v) is 22.6. The number of Topliss-reactive ketones (excluding diaryl/α,β-unsaturated/α-hetero) is 6. The van der Waals surface area contributed by atoms with E-state index in [1.807, 2.05) is 125 Å². The minimum Gasteiger partial charge on any atom is -0.508 e. The van der Waals surface area contributed by atoms with Gasteiger partial charge in [-0.2, -0.15) is 0 Å². The number of nitrogens with two attached hydrogens (primary N) is 2. The highest BCUT2D eigenvalue weighted by molar-refractivity contribution is 6.11. The zero-order valence-electron chi connectivity index (χ0n) is 85.9. The van der Waals surface area contributed by atoms with Gasteiger partial charge in [0.2, 0.25) is 0 Å². The number of aromatic nitrogens is 12. The molecule has 0 aliphatic carbocycles. The monoisotopic (exact) mass is 2020 g/mol. The average Bonchev–Trinajstić information content (AvgIpc) is 1.60. The molecule has 36 nitrogen and oxygen atoms in total. The van der Waals surface area contributed by atoms with Gasteiger partial charge in [0.1, 0.15) is 85.4 Å². The molecule has 0 atom stereocenters. The molecule has 12 heterocycles.